The molecule has 0 atom stereocenters. The van der Waals surface area contributed by atoms with Gasteiger partial charge in [-0.1, -0.05) is 24.3 Å². The highest BCUT2D eigenvalue weighted by Crippen LogP contribution is 2.33. The molecule has 148 valence electrons. The number of carbonyl (C=O) groups is 1. The predicted molar refractivity (Wildman–Crippen MR) is 113 cm³/mol. The van der Waals surface area contributed by atoms with Gasteiger partial charge in [0.25, 0.3) is 11.6 Å². The quantitative estimate of drug-likeness (QED) is 0.472. The lowest BCUT2D eigenvalue weighted by Crippen LogP contribution is -2.36. The molecule has 1 N–H and O–H groups in total. The molecule has 0 aromatic heterocycles. The maximum absolute atomic E-state index is 12.3. The molecule has 2 aliphatic rings. The number of aliphatic imine (C=N–C) groups is 1. The number of nitrogens with one attached hydrogen (secondary N) is 1. The molecule has 4 rings (SSSR count). The van der Waals surface area contributed by atoms with Crippen LogP contribution >= 0.6 is 11.8 Å². The number of hydrogen-bond acceptors (Lipinski definition) is 7. The van der Waals surface area contributed by atoms with Gasteiger partial charge in [-0.15, -0.1) is 0 Å². The van der Waals surface area contributed by atoms with E-state index >= 15 is 0 Å². The molecule has 2 aromatic carbocycles. The van der Waals surface area contributed by atoms with E-state index in [9.17, 15) is 14.9 Å². The lowest BCUT2D eigenvalue weighted by molar-refractivity contribution is -0.384. The van der Waals surface area contributed by atoms with Crippen molar-refractivity contribution < 1.29 is 14.5 Å². The molecule has 2 aliphatic heterocycles. The zero-order valence-electron chi connectivity index (χ0n) is 15.4. The van der Waals surface area contributed by atoms with Gasteiger partial charge in [0.2, 0.25) is 0 Å². The van der Waals surface area contributed by atoms with Gasteiger partial charge in [0.15, 0.2) is 5.17 Å². The second-order valence-electron chi connectivity index (χ2n) is 6.42. The van der Waals surface area contributed by atoms with Crippen molar-refractivity contribution in [2.45, 2.75) is 0 Å². The van der Waals surface area contributed by atoms with Gasteiger partial charge in [0.05, 0.1) is 28.7 Å². The average molecular weight is 410 g/mol. The fraction of sp³-hybridized carbons (Fsp3) is 0.200. The van der Waals surface area contributed by atoms with Crippen LogP contribution in [-0.2, 0) is 9.53 Å². The average Bonchev–Trinajstić information content (AvgIpc) is 3.08. The molecular formula is C20H18N4O4S. The number of morpholine rings is 1. The monoisotopic (exact) mass is 410 g/mol. The maximum Gasteiger partial charge on any atom is 0.293 e. The van der Waals surface area contributed by atoms with Gasteiger partial charge >= 0.3 is 0 Å². The third-order valence-electron chi connectivity index (χ3n) is 4.48. The summed E-state index contributed by atoms with van der Waals surface area (Å²) >= 11 is 1.21. The topological polar surface area (TPSA) is 97.1 Å². The number of hydrogen-bond donors (Lipinski definition) is 1. The van der Waals surface area contributed by atoms with E-state index in [2.05, 4.69) is 10.3 Å². The van der Waals surface area contributed by atoms with Crippen molar-refractivity contribution in [2.75, 3.05) is 31.2 Å². The van der Waals surface area contributed by atoms with Gasteiger partial charge in [0.1, 0.15) is 5.69 Å². The number of benzene rings is 2. The van der Waals surface area contributed by atoms with Crippen molar-refractivity contribution in [2.24, 2.45) is 4.99 Å². The number of anilines is 1. The first-order valence-electron chi connectivity index (χ1n) is 9.06. The fourth-order valence-electron chi connectivity index (χ4n) is 3.10. The summed E-state index contributed by atoms with van der Waals surface area (Å²) in [4.78, 5) is 30.3. The van der Waals surface area contributed by atoms with Crippen molar-refractivity contribution in [3.8, 4) is 0 Å². The maximum atomic E-state index is 12.3. The summed E-state index contributed by atoms with van der Waals surface area (Å²) in [5, 5.41) is 14.8. The Kier molecular flexibility index (Phi) is 5.59. The summed E-state index contributed by atoms with van der Waals surface area (Å²) < 4.78 is 5.32. The minimum absolute atomic E-state index is 0.0165. The largest absolute Gasteiger partial charge is 0.378 e. The van der Waals surface area contributed by atoms with Crippen LogP contribution in [0.1, 0.15) is 5.56 Å². The molecule has 2 fully saturated rings. The van der Waals surface area contributed by atoms with E-state index in [1.165, 1.54) is 17.8 Å². The Morgan fingerprint density at radius 2 is 1.93 bits per heavy atom. The summed E-state index contributed by atoms with van der Waals surface area (Å²) in [6.07, 6.45) is 1.64. The smallest absolute Gasteiger partial charge is 0.293 e. The summed E-state index contributed by atoms with van der Waals surface area (Å²) in [7, 11) is 0. The SMILES string of the molecule is O=C1NC(=Nc2ccccc2)S/C1=C/c1ccc(N2CCOCC2)c([N+](=O)[O-])c1. The van der Waals surface area contributed by atoms with Crippen molar-refractivity contribution in [1.29, 1.82) is 0 Å². The lowest BCUT2D eigenvalue weighted by atomic mass is 10.1. The van der Waals surface area contributed by atoms with Gasteiger partial charge in [-0.25, -0.2) is 4.99 Å². The highest BCUT2D eigenvalue weighted by atomic mass is 32.2. The first-order chi connectivity index (χ1) is 14.1. The molecule has 2 heterocycles. The van der Waals surface area contributed by atoms with Crippen LogP contribution in [0.3, 0.4) is 0 Å². The van der Waals surface area contributed by atoms with Crippen LogP contribution in [0.25, 0.3) is 6.08 Å². The number of amides is 1. The number of nitrogens with zero attached hydrogens (tertiary/aromatic N) is 3. The standard InChI is InChI=1S/C20H18N4O4S/c25-19-18(29-20(22-19)21-15-4-2-1-3-5-15)13-14-6-7-16(17(12-14)24(26)27)23-8-10-28-11-9-23/h1-7,12-13H,8-11H2,(H,21,22,25)/b18-13+. The molecule has 2 aromatic rings. The third kappa shape index (κ3) is 4.47. The highest BCUT2D eigenvalue weighted by Gasteiger charge is 2.25. The molecule has 0 spiro atoms. The fourth-order valence-corrected chi connectivity index (χ4v) is 3.94. The van der Waals surface area contributed by atoms with Gasteiger partial charge in [0, 0.05) is 19.2 Å². The summed E-state index contributed by atoms with van der Waals surface area (Å²) in [5.41, 5.74) is 1.91. The van der Waals surface area contributed by atoms with E-state index < -0.39 is 4.92 Å². The van der Waals surface area contributed by atoms with Crippen LogP contribution < -0.4 is 10.2 Å². The summed E-state index contributed by atoms with van der Waals surface area (Å²) in [6.45, 7) is 2.31. The molecule has 0 bridgehead atoms. The van der Waals surface area contributed by atoms with Crippen LogP contribution in [0.15, 0.2) is 58.4 Å². The zero-order valence-corrected chi connectivity index (χ0v) is 16.2. The number of thioether (sulfide) groups is 1. The minimum Gasteiger partial charge on any atom is -0.378 e. The van der Waals surface area contributed by atoms with E-state index in [1.54, 1.807) is 18.2 Å². The molecule has 8 nitrogen and oxygen atoms in total. The molecule has 2 saturated heterocycles. The second-order valence-corrected chi connectivity index (χ2v) is 7.45. The van der Waals surface area contributed by atoms with Gasteiger partial charge in [-0.3, -0.25) is 14.9 Å². The van der Waals surface area contributed by atoms with E-state index in [1.807, 2.05) is 35.2 Å². The van der Waals surface area contributed by atoms with Crippen molar-refractivity contribution in [3.63, 3.8) is 0 Å². The lowest BCUT2D eigenvalue weighted by Gasteiger charge is -2.28. The zero-order chi connectivity index (χ0) is 20.2. The molecule has 0 radical (unpaired) electrons. The first kappa shape index (κ1) is 19.2. The van der Waals surface area contributed by atoms with Crippen LogP contribution in [0.5, 0.6) is 0 Å². The Morgan fingerprint density at radius 3 is 2.66 bits per heavy atom. The molecule has 0 saturated carbocycles. The van der Waals surface area contributed by atoms with E-state index in [0.717, 1.165) is 5.69 Å². The minimum atomic E-state index is -0.392. The van der Waals surface area contributed by atoms with Crippen molar-refractivity contribution in [1.82, 2.24) is 5.32 Å². The number of amidine groups is 1. The normalized spacial score (nSPS) is 19.6. The highest BCUT2D eigenvalue weighted by molar-refractivity contribution is 8.18. The Labute approximate surface area is 171 Å². The van der Waals surface area contributed by atoms with Gasteiger partial charge in [-0.2, -0.15) is 0 Å². The van der Waals surface area contributed by atoms with E-state index in [0.29, 0.717) is 47.6 Å². The molecule has 0 unspecified atom stereocenters. The Morgan fingerprint density at radius 1 is 1.17 bits per heavy atom. The molecular weight excluding hydrogens is 392 g/mol. The molecule has 9 heteroatoms. The van der Waals surface area contributed by atoms with Gasteiger partial charge in [-0.05, 0) is 41.6 Å². The van der Waals surface area contributed by atoms with E-state index in [-0.39, 0.29) is 11.6 Å². The predicted octanol–water partition coefficient (Wildman–Crippen LogP) is 3.32. The number of ether oxygens (including phenoxy) is 1. The van der Waals surface area contributed by atoms with Crippen molar-refractivity contribution >= 4 is 46.0 Å². The number of carbonyl (C=O) groups excluding carboxylic acids is 1. The molecule has 1 amide bonds. The van der Waals surface area contributed by atoms with Crippen LogP contribution in [0, 0.1) is 10.1 Å². The summed E-state index contributed by atoms with van der Waals surface area (Å²) in [6, 6.07) is 14.3. The van der Waals surface area contributed by atoms with Gasteiger partial charge < -0.3 is 15.0 Å². The Balaban J connectivity index is 1.59. The second kappa shape index (κ2) is 8.46. The van der Waals surface area contributed by atoms with Crippen molar-refractivity contribution in [3.05, 3.63) is 69.1 Å². The number of para-hydroxylation sites is 1. The van der Waals surface area contributed by atoms with Crippen LogP contribution in [0.2, 0.25) is 0 Å². The Hall–Kier alpha value is -3.17. The van der Waals surface area contributed by atoms with Crippen LogP contribution in [-0.4, -0.2) is 42.3 Å². The first-order valence-corrected chi connectivity index (χ1v) is 9.87. The van der Waals surface area contributed by atoms with Crippen LogP contribution in [0.4, 0.5) is 17.1 Å². The Bertz CT molecular complexity index is 1000. The third-order valence-corrected chi connectivity index (χ3v) is 5.39. The van der Waals surface area contributed by atoms with E-state index in [4.69, 9.17) is 4.74 Å². The number of rotatable bonds is 4. The molecule has 29 heavy (non-hydrogen) atoms. The number of nitro benzene ring substituents is 1. The summed E-state index contributed by atoms with van der Waals surface area (Å²) in [5.74, 6) is -0.274. The number of nitro groups is 1. The molecule has 0 aliphatic carbocycles.